The number of allylic oxidation sites excluding steroid dienone is 2. The first-order chi connectivity index (χ1) is 9.00. The lowest BCUT2D eigenvalue weighted by atomic mass is 9.66. The summed E-state index contributed by atoms with van der Waals surface area (Å²) in [6.45, 7) is 0. The molecule has 0 N–H and O–H groups in total. The molecule has 0 aromatic rings. The van der Waals surface area contributed by atoms with E-state index in [1.807, 2.05) is 0 Å². The minimum atomic E-state index is -0.946. The number of hydrogen-bond donors (Lipinski definition) is 0. The van der Waals surface area contributed by atoms with Gasteiger partial charge in [0.2, 0.25) is 5.78 Å². The quantitative estimate of drug-likeness (QED) is 0.675. The van der Waals surface area contributed by atoms with E-state index in [4.69, 9.17) is 51.1 Å². The van der Waals surface area contributed by atoms with Gasteiger partial charge in [-0.3, -0.25) is 4.79 Å². The fourth-order valence-electron chi connectivity index (χ4n) is 5.08. The number of ketones is 1. The Hall–Kier alpha value is 0.270. The Morgan fingerprint density at radius 3 is 2.11 bits per heavy atom. The maximum atomic E-state index is 11.9. The Balaban J connectivity index is 1.74. The lowest BCUT2D eigenvalue weighted by Gasteiger charge is -2.55. The highest BCUT2D eigenvalue weighted by Crippen LogP contribution is 2.83. The molecule has 0 aromatic heterocycles. The monoisotopic (exact) mass is 336 g/mol. The molecule has 2 heterocycles. The van der Waals surface area contributed by atoms with Crippen LogP contribution < -0.4 is 0 Å². The molecule has 2 aliphatic heterocycles. The normalized spacial score (nSPS) is 51.9. The summed E-state index contributed by atoms with van der Waals surface area (Å²) in [6.07, 6.45) is 1.26. The molecule has 6 heteroatoms. The number of halogens is 4. The molecule has 6 aliphatic rings. The number of Topliss-reactive ketones (excluding diaryl/α,β-unsaturated/α-hetero) is 1. The second kappa shape index (κ2) is 3.20. The van der Waals surface area contributed by atoms with E-state index in [-0.39, 0.29) is 32.2 Å². The van der Waals surface area contributed by atoms with Crippen LogP contribution in [0.3, 0.4) is 0 Å². The molecule has 5 fully saturated rings. The van der Waals surface area contributed by atoms with Crippen molar-refractivity contribution in [1.82, 2.24) is 0 Å². The van der Waals surface area contributed by atoms with Gasteiger partial charge in [-0.25, -0.2) is 0 Å². The molecule has 0 radical (unpaired) electrons. The Bertz CT molecular complexity index is 587. The highest BCUT2D eigenvalue weighted by atomic mass is 35.5. The van der Waals surface area contributed by atoms with Crippen LogP contribution in [0.4, 0.5) is 0 Å². The molecule has 6 rings (SSSR count). The van der Waals surface area contributed by atoms with Gasteiger partial charge in [-0.15, -0.1) is 0 Å². The maximum Gasteiger partial charge on any atom is 0.218 e. The van der Waals surface area contributed by atoms with E-state index in [1.54, 1.807) is 0 Å². The highest BCUT2D eigenvalue weighted by molar-refractivity contribution is 6.61. The third-order valence-corrected chi connectivity index (χ3v) is 7.61. The summed E-state index contributed by atoms with van der Waals surface area (Å²) >= 11 is 24.8. The van der Waals surface area contributed by atoms with Crippen molar-refractivity contribution >= 4 is 52.2 Å². The topological polar surface area (TPSA) is 26.3 Å². The van der Waals surface area contributed by atoms with Gasteiger partial charge in [0.05, 0.1) is 16.2 Å². The van der Waals surface area contributed by atoms with Crippen molar-refractivity contribution in [1.29, 1.82) is 0 Å². The van der Waals surface area contributed by atoms with Crippen molar-refractivity contribution in [3.63, 3.8) is 0 Å². The van der Waals surface area contributed by atoms with Crippen LogP contribution in [-0.2, 0) is 9.53 Å². The Morgan fingerprint density at radius 2 is 1.63 bits per heavy atom. The summed E-state index contributed by atoms with van der Waals surface area (Å²) in [4.78, 5) is 11.9. The van der Waals surface area contributed by atoms with Crippen LogP contribution in [0.2, 0.25) is 0 Å². The molecular formula is C13H8Cl4O2. The molecule has 1 spiro atoms. The van der Waals surface area contributed by atoms with Crippen LogP contribution >= 0.6 is 46.4 Å². The first-order valence-corrected chi connectivity index (χ1v) is 7.85. The van der Waals surface area contributed by atoms with Crippen molar-refractivity contribution in [2.75, 3.05) is 0 Å². The third-order valence-electron chi connectivity index (χ3n) is 5.76. The van der Waals surface area contributed by atoms with E-state index < -0.39 is 11.4 Å². The summed E-state index contributed by atoms with van der Waals surface area (Å²) in [5.41, 5.74) is -0.946. The molecule has 2 nitrogen and oxygen atoms in total. The standard InChI is InChI=1S/C13H8Cl4O2/c14-7-9(18)8(15)12(17)13(11(7)16)3-1-2-4-5(3)6(4)10(2)19-13/h2-6,10H,1H2/t2-,3-,4-,5-,6-,10+/m0/s1. The lowest BCUT2D eigenvalue weighted by Crippen LogP contribution is -2.59. The SMILES string of the molecule is O=C1C(Cl)=C(Cl)C2(O[C@@H]3[C@H]4C[C@H]2[C@H]2[C@H]4[C@H]32)C(Cl)=C1Cl. The predicted molar refractivity (Wildman–Crippen MR) is 72.1 cm³/mol. The molecule has 2 saturated heterocycles. The molecule has 100 valence electrons. The minimum absolute atomic E-state index is 0.0455. The number of hydrogen-bond acceptors (Lipinski definition) is 2. The van der Waals surface area contributed by atoms with Crippen LogP contribution in [-0.4, -0.2) is 17.5 Å². The summed E-state index contributed by atoms with van der Waals surface area (Å²) in [6, 6.07) is 0. The van der Waals surface area contributed by atoms with Gasteiger partial charge in [0.1, 0.15) is 15.7 Å². The van der Waals surface area contributed by atoms with Gasteiger partial charge < -0.3 is 4.74 Å². The van der Waals surface area contributed by atoms with Crippen LogP contribution in [0.1, 0.15) is 6.42 Å². The number of carbonyl (C=O) groups is 1. The van der Waals surface area contributed by atoms with Crippen LogP contribution in [0.15, 0.2) is 20.1 Å². The van der Waals surface area contributed by atoms with E-state index in [9.17, 15) is 4.79 Å². The largest absolute Gasteiger partial charge is 0.359 e. The first kappa shape index (κ1) is 11.9. The summed E-state index contributed by atoms with van der Waals surface area (Å²) in [5.74, 6) is 2.43. The van der Waals surface area contributed by atoms with Crippen LogP contribution in [0.25, 0.3) is 0 Å². The van der Waals surface area contributed by atoms with E-state index >= 15 is 0 Å². The Morgan fingerprint density at radius 1 is 1.00 bits per heavy atom. The maximum absolute atomic E-state index is 11.9. The Kier molecular flexibility index (Phi) is 2.00. The fourth-order valence-corrected chi connectivity index (χ4v) is 6.38. The average molecular weight is 338 g/mol. The van der Waals surface area contributed by atoms with E-state index in [1.165, 1.54) is 0 Å². The molecule has 3 bridgehead atoms. The van der Waals surface area contributed by atoms with Crippen molar-refractivity contribution < 1.29 is 9.53 Å². The van der Waals surface area contributed by atoms with Gasteiger partial charge in [-0.2, -0.15) is 0 Å². The summed E-state index contributed by atoms with van der Waals surface area (Å²) < 4.78 is 6.21. The van der Waals surface area contributed by atoms with Crippen LogP contribution in [0, 0.1) is 29.6 Å². The second-order valence-electron chi connectivity index (χ2n) is 6.14. The molecule has 0 aromatic carbocycles. The van der Waals surface area contributed by atoms with Gasteiger partial charge in [0.15, 0.2) is 0 Å². The lowest BCUT2D eigenvalue weighted by molar-refractivity contribution is -0.197. The van der Waals surface area contributed by atoms with Crippen molar-refractivity contribution in [3.05, 3.63) is 20.1 Å². The molecule has 0 unspecified atom stereocenters. The van der Waals surface area contributed by atoms with Gasteiger partial charge in [-0.1, -0.05) is 46.4 Å². The fraction of sp³-hybridized carbons (Fsp3) is 0.615. The second-order valence-corrected chi connectivity index (χ2v) is 7.65. The molecule has 19 heavy (non-hydrogen) atoms. The van der Waals surface area contributed by atoms with E-state index in [0.29, 0.717) is 17.8 Å². The zero-order chi connectivity index (χ0) is 13.3. The predicted octanol–water partition coefficient (Wildman–Crippen LogP) is 3.60. The summed E-state index contributed by atoms with van der Waals surface area (Å²) in [7, 11) is 0. The van der Waals surface area contributed by atoms with Crippen molar-refractivity contribution in [2.24, 2.45) is 29.6 Å². The van der Waals surface area contributed by atoms with E-state index in [2.05, 4.69) is 0 Å². The number of ether oxygens (including phenoxy) is 1. The number of rotatable bonds is 0. The molecule has 0 amide bonds. The molecule has 4 aliphatic carbocycles. The average Bonchev–Trinajstić information content (AvgIpc) is 3.03. The molecule has 6 atom stereocenters. The van der Waals surface area contributed by atoms with Crippen molar-refractivity contribution in [3.8, 4) is 0 Å². The van der Waals surface area contributed by atoms with Gasteiger partial charge >= 0.3 is 0 Å². The molecular weight excluding hydrogens is 330 g/mol. The highest BCUT2D eigenvalue weighted by Gasteiger charge is 2.84. The van der Waals surface area contributed by atoms with Gasteiger partial charge in [0, 0.05) is 5.92 Å². The first-order valence-electron chi connectivity index (χ1n) is 6.34. The summed E-state index contributed by atoms with van der Waals surface area (Å²) in [5, 5.41) is 0.368. The third kappa shape index (κ3) is 1.01. The van der Waals surface area contributed by atoms with Gasteiger partial charge in [-0.05, 0) is 30.1 Å². The van der Waals surface area contributed by atoms with Crippen LogP contribution in [0.5, 0.6) is 0 Å². The smallest absolute Gasteiger partial charge is 0.218 e. The van der Waals surface area contributed by atoms with Gasteiger partial charge in [0.25, 0.3) is 0 Å². The zero-order valence-corrected chi connectivity index (χ0v) is 12.5. The van der Waals surface area contributed by atoms with E-state index in [0.717, 1.165) is 12.3 Å². The molecule has 3 saturated carbocycles. The minimum Gasteiger partial charge on any atom is -0.359 e. The Labute approximate surface area is 129 Å². The number of carbonyl (C=O) groups excluding carboxylic acids is 1. The zero-order valence-electron chi connectivity index (χ0n) is 9.50. The van der Waals surface area contributed by atoms with Crippen molar-refractivity contribution in [2.45, 2.75) is 18.1 Å².